The number of nitrogens with one attached hydrogen (secondary N) is 2. The van der Waals surface area contributed by atoms with Gasteiger partial charge in [-0.25, -0.2) is 0 Å². The zero-order valence-corrected chi connectivity index (χ0v) is 10.7. The molecule has 7 heteroatoms. The first-order chi connectivity index (χ1) is 8.47. The first-order valence-corrected chi connectivity index (χ1v) is 6.07. The number of rotatable bonds is 7. The van der Waals surface area contributed by atoms with Gasteiger partial charge >= 0.3 is 6.01 Å². The van der Waals surface area contributed by atoms with Crippen molar-refractivity contribution in [2.75, 3.05) is 11.9 Å². The molecule has 0 radical (unpaired) electrons. The molecule has 7 nitrogen and oxygen atoms in total. The first kappa shape index (κ1) is 12.8. The van der Waals surface area contributed by atoms with Crippen molar-refractivity contribution in [2.24, 2.45) is 11.1 Å². The molecule has 1 heterocycles. The van der Waals surface area contributed by atoms with Gasteiger partial charge < -0.3 is 20.8 Å². The molecule has 0 bridgehead atoms. The van der Waals surface area contributed by atoms with Crippen LogP contribution in [0.3, 0.4) is 0 Å². The molecule has 2 rings (SSSR count). The first-order valence-electron chi connectivity index (χ1n) is 6.07. The van der Waals surface area contributed by atoms with Crippen LogP contribution in [-0.4, -0.2) is 28.7 Å². The molecule has 1 amide bonds. The van der Waals surface area contributed by atoms with Crippen LogP contribution in [0.15, 0.2) is 4.42 Å². The summed E-state index contributed by atoms with van der Waals surface area (Å²) >= 11 is 0. The molecule has 1 aliphatic rings. The molecule has 4 N–H and O–H groups in total. The summed E-state index contributed by atoms with van der Waals surface area (Å²) in [5.41, 5.74) is 4.62. The molecule has 0 unspecified atom stereocenters. The molecule has 18 heavy (non-hydrogen) atoms. The maximum absolute atomic E-state index is 11.1. The number of carbonyl (C=O) groups excluding carboxylic acids is 1. The van der Waals surface area contributed by atoms with E-state index in [1.165, 1.54) is 12.8 Å². The van der Waals surface area contributed by atoms with Crippen LogP contribution in [0.5, 0.6) is 0 Å². The molecule has 0 aromatic carbocycles. The van der Waals surface area contributed by atoms with E-state index in [0.29, 0.717) is 31.0 Å². The van der Waals surface area contributed by atoms with Gasteiger partial charge in [-0.1, -0.05) is 5.10 Å². The van der Waals surface area contributed by atoms with Crippen LogP contribution in [-0.2, 0) is 11.3 Å². The van der Waals surface area contributed by atoms with Crippen LogP contribution < -0.4 is 16.4 Å². The average molecular weight is 253 g/mol. The number of nitrogens with zero attached hydrogens (tertiary/aromatic N) is 2. The van der Waals surface area contributed by atoms with Gasteiger partial charge in [0.05, 0.1) is 12.0 Å². The van der Waals surface area contributed by atoms with E-state index in [9.17, 15) is 4.79 Å². The smallest absolute Gasteiger partial charge is 0.315 e. The Bertz CT molecular complexity index is 425. The van der Waals surface area contributed by atoms with Crippen LogP contribution in [0.25, 0.3) is 0 Å². The highest BCUT2D eigenvalue weighted by Crippen LogP contribution is 2.19. The molecule has 0 saturated heterocycles. The highest BCUT2D eigenvalue weighted by atomic mass is 16.4. The summed E-state index contributed by atoms with van der Waals surface area (Å²) in [7, 11) is 0. The number of anilines is 1. The number of carbonyl (C=O) groups is 1. The van der Waals surface area contributed by atoms with Gasteiger partial charge in [0.25, 0.3) is 0 Å². The third kappa shape index (κ3) is 3.43. The molecule has 1 aromatic heterocycles. The van der Waals surface area contributed by atoms with Crippen molar-refractivity contribution in [1.82, 2.24) is 15.5 Å². The Balaban J connectivity index is 1.80. The van der Waals surface area contributed by atoms with Crippen molar-refractivity contribution in [3.8, 4) is 0 Å². The van der Waals surface area contributed by atoms with E-state index in [-0.39, 0.29) is 5.91 Å². The zero-order chi connectivity index (χ0) is 13.2. The average Bonchev–Trinajstić information content (AvgIpc) is 3.03. The second kappa shape index (κ2) is 4.93. The Morgan fingerprint density at radius 3 is 2.83 bits per heavy atom. The van der Waals surface area contributed by atoms with Gasteiger partial charge in [0.15, 0.2) is 0 Å². The molecular formula is C11H19N5O2. The summed E-state index contributed by atoms with van der Waals surface area (Å²) in [6.45, 7) is 4.46. The Kier molecular flexibility index (Phi) is 3.51. The van der Waals surface area contributed by atoms with E-state index in [0.717, 1.165) is 0 Å². The number of hydrogen-bond acceptors (Lipinski definition) is 6. The fourth-order valence-electron chi connectivity index (χ4n) is 1.30. The predicted molar refractivity (Wildman–Crippen MR) is 65.6 cm³/mol. The van der Waals surface area contributed by atoms with Crippen molar-refractivity contribution in [1.29, 1.82) is 0 Å². The lowest BCUT2D eigenvalue weighted by Gasteiger charge is -2.19. The van der Waals surface area contributed by atoms with Gasteiger partial charge in [0, 0.05) is 12.6 Å². The number of amides is 1. The summed E-state index contributed by atoms with van der Waals surface area (Å²) in [4.78, 5) is 11.1. The normalized spacial score (nSPS) is 15.7. The lowest BCUT2D eigenvalue weighted by atomic mass is 9.93. The van der Waals surface area contributed by atoms with Gasteiger partial charge in [-0.3, -0.25) is 4.79 Å². The molecule has 1 fully saturated rings. The highest BCUT2D eigenvalue weighted by Gasteiger charge is 2.25. The molecule has 100 valence electrons. The summed E-state index contributed by atoms with van der Waals surface area (Å²) in [5, 5.41) is 14.0. The van der Waals surface area contributed by atoms with Crippen molar-refractivity contribution >= 4 is 11.9 Å². The largest absolute Gasteiger partial charge is 0.407 e. The Morgan fingerprint density at radius 1 is 1.50 bits per heavy atom. The number of primary amides is 1. The van der Waals surface area contributed by atoms with E-state index < -0.39 is 5.41 Å². The number of aromatic nitrogens is 2. The van der Waals surface area contributed by atoms with Gasteiger partial charge in [-0.2, -0.15) is 0 Å². The molecule has 0 spiro atoms. The minimum absolute atomic E-state index is 0.317. The Morgan fingerprint density at radius 2 is 2.22 bits per heavy atom. The fraction of sp³-hybridized carbons (Fsp3) is 0.727. The van der Waals surface area contributed by atoms with Gasteiger partial charge in [-0.05, 0) is 26.7 Å². The topological polar surface area (TPSA) is 106 Å². The summed E-state index contributed by atoms with van der Waals surface area (Å²) in [6, 6.07) is 0.916. The molecule has 0 atom stereocenters. The van der Waals surface area contributed by atoms with Crippen LogP contribution in [0.4, 0.5) is 6.01 Å². The minimum Gasteiger partial charge on any atom is -0.407 e. The summed E-state index contributed by atoms with van der Waals surface area (Å²) in [5.74, 6) is 0.173. The molecule has 1 aromatic rings. The van der Waals surface area contributed by atoms with Gasteiger partial charge in [-0.15, -0.1) is 5.10 Å². The maximum atomic E-state index is 11.1. The molecule has 1 aliphatic carbocycles. The van der Waals surface area contributed by atoms with Crippen LogP contribution in [0, 0.1) is 5.41 Å². The van der Waals surface area contributed by atoms with Crippen LogP contribution in [0.2, 0.25) is 0 Å². The summed E-state index contributed by atoms with van der Waals surface area (Å²) in [6.07, 6.45) is 2.43. The standard InChI is InChI=1S/C11H19N5O2/c1-11(2,9(12)17)6-14-10-16-15-8(18-10)5-13-7-3-4-7/h7,13H,3-6H2,1-2H3,(H2,12,17)(H,14,16). The third-order valence-corrected chi connectivity index (χ3v) is 2.93. The second-order valence-electron chi connectivity index (χ2n) is 5.26. The SMILES string of the molecule is CC(C)(CNc1nnc(CNC2CC2)o1)C(N)=O. The Labute approximate surface area is 106 Å². The molecule has 1 saturated carbocycles. The van der Waals surface area contributed by atoms with Crippen molar-refractivity contribution in [3.05, 3.63) is 5.89 Å². The number of hydrogen-bond donors (Lipinski definition) is 3. The molecular weight excluding hydrogens is 234 g/mol. The second-order valence-corrected chi connectivity index (χ2v) is 5.26. The van der Waals surface area contributed by atoms with E-state index in [4.69, 9.17) is 10.2 Å². The zero-order valence-electron chi connectivity index (χ0n) is 10.7. The number of nitrogens with two attached hydrogens (primary N) is 1. The predicted octanol–water partition coefficient (Wildman–Crippen LogP) is 0.245. The van der Waals surface area contributed by atoms with Gasteiger partial charge in [0.1, 0.15) is 0 Å². The van der Waals surface area contributed by atoms with Crippen molar-refractivity contribution in [3.63, 3.8) is 0 Å². The van der Waals surface area contributed by atoms with E-state index in [2.05, 4.69) is 20.8 Å². The van der Waals surface area contributed by atoms with Gasteiger partial charge in [0.2, 0.25) is 11.8 Å². The van der Waals surface area contributed by atoms with E-state index in [1.807, 2.05) is 0 Å². The lowest BCUT2D eigenvalue weighted by Crippen LogP contribution is -2.37. The van der Waals surface area contributed by atoms with Crippen molar-refractivity contribution < 1.29 is 9.21 Å². The van der Waals surface area contributed by atoms with E-state index in [1.54, 1.807) is 13.8 Å². The minimum atomic E-state index is -0.652. The summed E-state index contributed by atoms with van der Waals surface area (Å²) < 4.78 is 5.39. The quantitative estimate of drug-likeness (QED) is 0.643. The van der Waals surface area contributed by atoms with Crippen molar-refractivity contribution in [2.45, 2.75) is 39.3 Å². The third-order valence-electron chi connectivity index (χ3n) is 2.93. The maximum Gasteiger partial charge on any atom is 0.315 e. The monoisotopic (exact) mass is 253 g/mol. The van der Waals surface area contributed by atoms with Crippen LogP contribution in [0.1, 0.15) is 32.6 Å². The van der Waals surface area contributed by atoms with Crippen LogP contribution >= 0.6 is 0 Å². The highest BCUT2D eigenvalue weighted by molar-refractivity contribution is 5.80. The van der Waals surface area contributed by atoms with E-state index >= 15 is 0 Å². The Hall–Kier alpha value is -1.63. The molecule has 0 aliphatic heterocycles. The lowest BCUT2D eigenvalue weighted by molar-refractivity contribution is -0.125. The fourth-order valence-corrected chi connectivity index (χ4v) is 1.30.